The Balaban J connectivity index is 1.71. The number of methoxy groups -OCH3 is 1. The summed E-state index contributed by atoms with van der Waals surface area (Å²) in [5.41, 5.74) is 3.31. The number of benzene rings is 2. The molecule has 0 radical (unpaired) electrons. The fourth-order valence-electron chi connectivity index (χ4n) is 2.30. The van der Waals surface area contributed by atoms with E-state index in [1.165, 1.54) is 0 Å². The Bertz CT molecular complexity index is 859. The second-order valence-electron chi connectivity index (χ2n) is 5.60. The minimum absolute atomic E-state index is 0.177. The first-order valence-corrected chi connectivity index (χ1v) is 7.89. The molecule has 5 heteroatoms. The van der Waals surface area contributed by atoms with Crippen LogP contribution in [-0.2, 0) is 0 Å². The lowest BCUT2D eigenvalue weighted by Gasteiger charge is -2.09. The number of ether oxygens (including phenoxy) is 1. The van der Waals surface area contributed by atoms with E-state index >= 15 is 0 Å². The van der Waals surface area contributed by atoms with Gasteiger partial charge >= 0.3 is 0 Å². The van der Waals surface area contributed by atoms with Crippen molar-refractivity contribution in [2.75, 3.05) is 17.7 Å². The van der Waals surface area contributed by atoms with Crippen molar-refractivity contribution < 1.29 is 9.53 Å². The van der Waals surface area contributed by atoms with Crippen molar-refractivity contribution in [2.24, 2.45) is 0 Å². The van der Waals surface area contributed by atoms with E-state index in [9.17, 15) is 4.79 Å². The molecule has 0 aliphatic rings. The molecule has 1 aromatic heterocycles. The lowest BCUT2D eigenvalue weighted by atomic mass is 10.2. The molecule has 0 unspecified atom stereocenters. The molecule has 0 saturated heterocycles. The number of pyridine rings is 1. The largest absolute Gasteiger partial charge is 0.497 e. The third-order valence-electron chi connectivity index (χ3n) is 3.69. The predicted octanol–water partition coefficient (Wildman–Crippen LogP) is 4.39. The number of nitrogens with one attached hydrogen (secondary N) is 2. The zero-order chi connectivity index (χ0) is 17.6. The number of carbonyl (C=O) groups excluding carboxylic acids is 1. The highest BCUT2D eigenvalue weighted by Crippen LogP contribution is 2.19. The van der Waals surface area contributed by atoms with E-state index in [0.29, 0.717) is 11.4 Å². The van der Waals surface area contributed by atoms with Gasteiger partial charge in [0, 0.05) is 23.1 Å². The molecule has 126 valence electrons. The van der Waals surface area contributed by atoms with Gasteiger partial charge in [-0.2, -0.15) is 0 Å². The molecule has 0 fully saturated rings. The molecule has 25 heavy (non-hydrogen) atoms. The van der Waals surface area contributed by atoms with Crippen LogP contribution in [0.1, 0.15) is 15.9 Å². The molecule has 0 atom stereocenters. The Labute approximate surface area is 146 Å². The minimum atomic E-state index is -0.177. The average molecular weight is 333 g/mol. The summed E-state index contributed by atoms with van der Waals surface area (Å²) >= 11 is 0. The zero-order valence-electron chi connectivity index (χ0n) is 14.1. The Morgan fingerprint density at radius 1 is 0.960 bits per heavy atom. The van der Waals surface area contributed by atoms with Crippen LogP contribution < -0.4 is 15.4 Å². The maximum absolute atomic E-state index is 12.4. The number of amides is 1. The molecular formula is C20H19N3O2. The van der Waals surface area contributed by atoms with Crippen LogP contribution in [-0.4, -0.2) is 18.0 Å². The van der Waals surface area contributed by atoms with E-state index in [1.54, 1.807) is 25.4 Å². The van der Waals surface area contributed by atoms with Crippen LogP contribution in [0.2, 0.25) is 0 Å². The van der Waals surface area contributed by atoms with Crippen molar-refractivity contribution in [3.8, 4) is 5.75 Å². The zero-order valence-corrected chi connectivity index (χ0v) is 14.1. The second-order valence-corrected chi connectivity index (χ2v) is 5.60. The minimum Gasteiger partial charge on any atom is -0.497 e. The highest BCUT2D eigenvalue weighted by Gasteiger charge is 2.08. The molecule has 2 aromatic carbocycles. The highest BCUT2D eigenvalue weighted by molar-refractivity contribution is 6.04. The third-order valence-corrected chi connectivity index (χ3v) is 3.69. The van der Waals surface area contributed by atoms with E-state index in [2.05, 4.69) is 15.6 Å². The number of rotatable bonds is 5. The Morgan fingerprint density at radius 3 is 2.32 bits per heavy atom. The number of carbonyl (C=O) groups is 1. The van der Waals surface area contributed by atoms with Gasteiger partial charge in [0.15, 0.2) is 0 Å². The lowest BCUT2D eigenvalue weighted by molar-refractivity contribution is 0.102. The van der Waals surface area contributed by atoms with Crippen LogP contribution in [0.4, 0.5) is 17.2 Å². The lowest BCUT2D eigenvalue weighted by Crippen LogP contribution is -2.12. The summed E-state index contributed by atoms with van der Waals surface area (Å²) in [6.07, 6.45) is 1.61. The van der Waals surface area contributed by atoms with Crippen molar-refractivity contribution in [2.45, 2.75) is 6.92 Å². The standard InChI is InChI=1S/C20H19N3O2/c1-14-3-5-17(6-4-14)23-20(24)15-11-12-21-19(13-15)22-16-7-9-18(25-2)10-8-16/h3-13H,1-2H3,(H,21,22)(H,23,24). The first kappa shape index (κ1) is 16.5. The normalized spacial score (nSPS) is 10.2. The quantitative estimate of drug-likeness (QED) is 0.727. The van der Waals surface area contributed by atoms with Crippen LogP contribution in [0, 0.1) is 6.92 Å². The van der Waals surface area contributed by atoms with Gasteiger partial charge < -0.3 is 15.4 Å². The van der Waals surface area contributed by atoms with Gasteiger partial charge in [-0.1, -0.05) is 17.7 Å². The van der Waals surface area contributed by atoms with Gasteiger partial charge in [-0.3, -0.25) is 4.79 Å². The molecule has 5 nitrogen and oxygen atoms in total. The van der Waals surface area contributed by atoms with Gasteiger partial charge in [0.1, 0.15) is 11.6 Å². The van der Waals surface area contributed by atoms with Gasteiger partial charge in [-0.05, 0) is 55.5 Å². The average Bonchev–Trinajstić information content (AvgIpc) is 2.64. The predicted molar refractivity (Wildman–Crippen MR) is 99.6 cm³/mol. The van der Waals surface area contributed by atoms with Crippen molar-refractivity contribution >= 4 is 23.1 Å². The molecule has 0 aliphatic carbocycles. The second kappa shape index (κ2) is 7.49. The van der Waals surface area contributed by atoms with E-state index in [0.717, 1.165) is 22.7 Å². The maximum atomic E-state index is 12.4. The summed E-state index contributed by atoms with van der Waals surface area (Å²) < 4.78 is 5.14. The SMILES string of the molecule is COc1ccc(Nc2cc(C(=O)Nc3ccc(C)cc3)ccn2)cc1. The monoisotopic (exact) mass is 333 g/mol. The van der Waals surface area contributed by atoms with E-state index in [4.69, 9.17) is 4.74 Å². The number of hydrogen-bond donors (Lipinski definition) is 2. The summed E-state index contributed by atoms with van der Waals surface area (Å²) in [7, 11) is 1.63. The topological polar surface area (TPSA) is 63.2 Å². The van der Waals surface area contributed by atoms with Crippen LogP contribution >= 0.6 is 0 Å². The van der Waals surface area contributed by atoms with Crippen LogP contribution in [0.5, 0.6) is 5.75 Å². The van der Waals surface area contributed by atoms with Gasteiger partial charge in [0.25, 0.3) is 5.91 Å². The fourth-order valence-corrected chi connectivity index (χ4v) is 2.30. The first-order chi connectivity index (χ1) is 12.1. The van der Waals surface area contributed by atoms with E-state index in [1.807, 2.05) is 55.5 Å². The third kappa shape index (κ3) is 4.35. The number of nitrogens with zero attached hydrogens (tertiary/aromatic N) is 1. The van der Waals surface area contributed by atoms with Crippen molar-refractivity contribution in [3.05, 3.63) is 78.0 Å². The van der Waals surface area contributed by atoms with Gasteiger partial charge in [0.2, 0.25) is 0 Å². The van der Waals surface area contributed by atoms with Gasteiger partial charge in [0.05, 0.1) is 7.11 Å². The van der Waals surface area contributed by atoms with E-state index in [-0.39, 0.29) is 5.91 Å². The molecule has 1 heterocycles. The van der Waals surface area contributed by atoms with Crippen LogP contribution in [0.15, 0.2) is 66.9 Å². The molecule has 2 N–H and O–H groups in total. The van der Waals surface area contributed by atoms with Crippen molar-refractivity contribution in [1.29, 1.82) is 0 Å². The van der Waals surface area contributed by atoms with Crippen LogP contribution in [0.3, 0.4) is 0 Å². The number of hydrogen-bond acceptors (Lipinski definition) is 4. The summed E-state index contributed by atoms with van der Waals surface area (Å²) in [5, 5.41) is 6.06. The van der Waals surface area contributed by atoms with Crippen molar-refractivity contribution in [1.82, 2.24) is 4.98 Å². The molecule has 0 bridgehead atoms. The number of anilines is 3. The summed E-state index contributed by atoms with van der Waals surface area (Å²) in [4.78, 5) is 16.7. The van der Waals surface area contributed by atoms with Gasteiger partial charge in [-0.25, -0.2) is 4.98 Å². The number of aryl methyl sites for hydroxylation is 1. The summed E-state index contributed by atoms with van der Waals surface area (Å²) in [5.74, 6) is 1.20. The number of aromatic nitrogens is 1. The summed E-state index contributed by atoms with van der Waals surface area (Å²) in [6.45, 7) is 2.01. The van der Waals surface area contributed by atoms with E-state index < -0.39 is 0 Å². The Morgan fingerprint density at radius 2 is 1.64 bits per heavy atom. The smallest absolute Gasteiger partial charge is 0.255 e. The van der Waals surface area contributed by atoms with Crippen LogP contribution in [0.25, 0.3) is 0 Å². The fraction of sp³-hybridized carbons (Fsp3) is 0.100. The molecule has 0 aliphatic heterocycles. The molecule has 0 spiro atoms. The maximum Gasteiger partial charge on any atom is 0.255 e. The molecular weight excluding hydrogens is 314 g/mol. The molecule has 1 amide bonds. The van der Waals surface area contributed by atoms with Gasteiger partial charge in [-0.15, -0.1) is 0 Å². The molecule has 0 saturated carbocycles. The summed E-state index contributed by atoms with van der Waals surface area (Å²) in [6, 6.07) is 18.6. The highest BCUT2D eigenvalue weighted by atomic mass is 16.5. The Hall–Kier alpha value is -3.34. The Kier molecular flexibility index (Phi) is 4.95. The first-order valence-electron chi connectivity index (χ1n) is 7.89. The molecule has 3 rings (SSSR count). The molecule has 3 aromatic rings. The van der Waals surface area contributed by atoms with Crippen molar-refractivity contribution in [3.63, 3.8) is 0 Å².